The van der Waals surface area contributed by atoms with Gasteiger partial charge in [0.05, 0.1) is 11.6 Å². The number of amides is 1. The summed E-state index contributed by atoms with van der Waals surface area (Å²) in [6.07, 6.45) is 0.0420. The molecular formula is C10H13BrN2O3. The third kappa shape index (κ3) is 2.86. The van der Waals surface area contributed by atoms with E-state index in [-0.39, 0.29) is 12.2 Å². The van der Waals surface area contributed by atoms with Crippen molar-refractivity contribution in [1.82, 2.24) is 0 Å². The van der Waals surface area contributed by atoms with Crippen LogP contribution in [0.1, 0.15) is 18.0 Å². The summed E-state index contributed by atoms with van der Waals surface area (Å²) in [4.78, 5) is 10.7. The summed E-state index contributed by atoms with van der Waals surface area (Å²) in [6, 6.07) is 2.70. The van der Waals surface area contributed by atoms with Gasteiger partial charge in [-0.15, -0.1) is 0 Å². The maximum absolute atomic E-state index is 10.7. The van der Waals surface area contributed by atoms with Crippen molar-refractivity contribution in [2.75, 3.05) is 7.11 Å². The lowest BCUT2D eigenvalue weighted by molar-refractivity contribution is -0.118. The Morgan fingerprint density at radius 1 is 1.62 bits per heavy atom. The Morgan fingerprint density at radius 3 is 2.75 bits per heavy atom. The molecule has 0 spiro atoms. The smallest absolute Gasteiger partial charge is 0.219 e. The molecule has 88 valence electrons. The van der Waals surface area contributed by atoms with E-state index >= 15 is 0 Å². The zero-order chi connectivity index (χ0) is 12.3. The minimum atomic E-state index is -0.511. The topological polar surface area (TPSA) is 98.6 Å². The van der Waals surface area contributed by atoms with E-state index in [4.69, 9.17) is 16.2 Å². The number of carbonyl (C=O) groups excluding carboxylic acids is 1. The molecule has 0 radical (unpaired) electrons. The van der Waals surface area contributed by atoms with Crippen LogP contribution in [0, 0.1) is 0 Å². The molecule has 1 aromatic rings. The molecule has 0 heterocycles. The summed E-state index contributed by atoms with van der Waals surface area (Å²) < 4.78 is 5.43. The normalized spacial score (nSPS) is 12.2. The molecule has 16 heavy (non-hydrogen) atoms. The molecule has 0 bridgehead atoms. The highest BCUT2D eigenvalue weighted by Gasteiger charge is 2.14. The number of benzene rings is 1. The molecule has 0 aromatic heterocycles. The third-order valence-corrected chi connectivity index (χ3v) is 2.72. The van der Waals surface area contributed by atoms with E-state index in [0.29, 0.717) is 15.8 Å². The highest BCUT2D eigenvalue weighted by Crippen LogP contribution is 2.36. The van der Waals surface area contributed by atoms with Gasteiger partial charge in [-0.25, -0.2) is 0 Å². The molecule has 0 saturated heterocycles. The van der Waals surface area contributed by atoms with Gasteiger partial charge >= 0.3 is 0 Å². The number of phenolic OH excluding ortho intramolecular Hbond substituents is 1. The van der Waals surface area contributed by atoms with Gasteiger partial charge in [0, 0.05) is 12.5 Å². The number of rotatable bonds is 4. The number of ether oxygens (including phenoxy) is 1. The van der Waals surface area contributed by atoms with E-state index < -0.39 is 11.9 Å². The lowest BCUT2D eigenvalue weighted by atomic mass is 10.0. The van der Waals surface area contributed by atoms with Crippen molar-refractivity contribution in [1.29, 1.82) is 0 Å². The highest BCUT2D eigenvalue weighted by atomic mass is 79.9. The Hall–Kier alpha value is -1.27. The van der Waals surface area contributed by atoms with Crippen molar-refractivity contribution in [3.05, 3.63) is 22.2 Å². The number of hydrogen-bond acceptors (Lipinski definition) is 4. The maximum Gasteiger partial charge on any atom is 0.219 e. The number of phenols is 1. The molecule has 5 nitrogen and oxygen atoms in total. The fourth-order valence-corrected chi connectivity index (χ4v) is 1.76. The van der Waals surface area contributed by atoms with Gasteiger partial charge in [-0.1, -0.05) is 0 Å². The summed E-state index contributed by atoms with van der Waals surface area (Å²) >= 11 is 3.17. The van der Waals surface area contributed by atoms with Crippen LogP contribution < -0.4 is 16.2 Å². The lowest BCUT2D eigenvalue weighted by Crippen LogP contribution is -2.20. The van der Waals surface area contributed by atoms with Crippen LogP contribution in [0.15, 0.2) is 16.6 Å². The van der Waals surface area contributed by atoms with Gasteiger partial charge in [-0.3, -0.25) is 4.79 Å². The van der Waals surface area contributed by atoms with Crippen LogP contribution in [0.3, 0.4) is 0 Å². The van der Waals surface area contributed by atoms with Crippen LogP contribution >= 0.6 is 15.9 Å². The predicted octanol–water partition coefficient (Wildman–Crippen LogP) is 1.04. The first-order valence-electron chi connectivity index (χ1n) is 4.56. The Balaban J connectivity index is 3.05. The van der Waals surface area contributed by atoms with E-state index in [1.54, 1.807) is 12.1 Å². The zero-order valence-electron chi connectivity index (χ0n) is 8.74. The average molecular weight is 289 g/mol. The standard InChI is InChI=1S/C10H13BrN2O3/c1-16-8-3-5(2-6(11)10(8)15)7(12)4-9(13)14/h2-3,7,15H,4,12H2,1H3,(H2,13,14). The monoisotopic (exact) mass is 288 g/mol. The van der Waals surface area contributed by atoms with Gasteiger partial charge in [0.15, 0.2) is 11.5 Å². The second-order valence-corrected chi connectivity index (χ2v) is 4.18. The Bertz CT molecular complexity index is 409. The summed E-state index contributed by atoms with van der Waals surface area (Å²) in [5, 5.41) is 9.58. The molecule has 1 aromatic carbocycles. The fourth-order valence-electron chi connectivity index (χ4n) is 1.30. The van der Waals surface area contributed by atoms with Gasteiger partial charge in [-0.05, 0) is 33.6 Å². The van der Waals surface area contributed by atoms with Gasteiger partial charge in [0.25, 0.3) is 0 Å². The quantitative estimate of drug-likeness (QED) is 0.771. The SMILES string of the molecule is COc1cc(C(N)CC(N)=O)cc(Br)c1O. The van der Waals surface area contributed by atoms with Gasteiger partial charge in [0.2, 0.25) is 5.91 Å². The second-order valence-electron chi connectivity index (χ2n) is 3.33. The molecule has 6 heteroatoms. The Kier molecular flexibility index (Phi) is 4.14. The maximum atomic E-state index is 10.7. The van der Waals surface area contributed by atoms with E-state index in [0.717, 1.165) is 0 Å². The van der Waals surface area contributed by atoms with Crippen LogP contribution in [0.25, 0.3) is 0 Å². The van der Waals surface area contributed by atoms with Crippen LogP contribution in [0.4, 0.5) is 0 Å². The molecule has 1 atom stereocenters. The van der Waals surface area contributed by atoms with Crippen LogP contribution in [-0.4, -0.2) is 18.1 Å². The summed E-state index contributed by atoms with van der Waals surface area (Å²) in [7, 11) is 1.44. The molecule has 0 saturated carbocycles. The first-order valence-corrected chi connectivity index (χ1v) is 5.35. The minimum Gasteiger partial charge on any atom is -0.503 e. The van der Waals surface area contributed by atoms with Crippen LogP contribution in [0.2, 0.25) is 0 Å². The lowest BCUT2D eigenvalue weighted by Gasteiger charge is -2.13. The number of halogens is 1. The molecule has 5 N–H and O–H groups in total. The number of methoxy groups -OCH3 is 1. The minimum absolute atomic E-state index is 0.00229. The van der Waals surface area contributed by atoms with Crippen molar-refractivity contribution >= 4 is 21.8 Å². The van der Waals surface area contributed by atoms with E-state index in [1.807, 2.05) is 0 Å². The van der Waals surface area contributed by atoms with Crippen molar-refractivity contribution in [2.45, 2.75) is 12.5 Å². The van der Waals surface area contributed by atoms with Crippen molar-refractivity contribution in [2.24, 2.45) is 11.5 Å². The first-order chi connectivity index (χ1) is 7.45. The van der Waals surface area contributed by atoms with Gasteiger partial charge in [-0.2, -0.15) is 0 Å². The summed E-state index contributed by atoms with van der Waals surface area (Å²) in [6.45, 7) is 0. The summed E-state index contributed by atoms with van der Waals surface area (Å²) in [5.41, 5.74) is 11.5. The molecule has 0 aliphatic carbocycles. The number of primary amides is 1. The first kappa shape index (κ1) is 12.8. The molecule has 0 aliphatic heterocycles. The second kappa shape index (κ2) is 5.18. The van der Waals surface area contributed by atoms with Crippen molar-refractivity contribution in [3.63, 3.8) is 0 Å². The zero-order valence-corrected chi connectivity index (χ0v) is 10.3. The van der Waals surface area contributed by atoms with E-state index in [1.165, 1.54) is 7.11 Å². The van der Waals surface area contributed by atoms with Crippen LogP contribution in [-0.2, 0) is 4.79 Å². The average Bonchev–Trinajstić information content (AvgIpc) is 2.20. The van der Waals surface area contributed by atoms with Crippen molar-refractivity contribution < 1.29 is 14.6 Å². The molecule has 1 rings (SSSR count). The third-order valence-electron chi connectivity index (χ3n) is 2.12. The number of carbonyl (C=O) groups is 1. The van der Waals surface area contributed by atoms with Gasteiger partial charge in [0.1, 0.15) is 0 Å². The number of nitrogens with two attached hydrogens (primary N) is 2. The largest absolute Gasteiger partial charge is 0.503 e. The summed E-state index contributed by atoms with van der Waals surface area (Å²) in [5.74, 6) is -0.183. The molecule has 0 fully saturated rings. The number of hydrogen-bond donors (Lipinski definition) is 3. The predicted molar refractivity (Wildman–Crippen MR) is 63.1 cm³/mol. The van der Waals surface area contributed by atoms with Crippen molar-refractivity contribution in [3.8, 4) is 11.5 Å². The van der Waals surface area contributed by atoms with E-state index in [9.17, 15) is 9.90 Å². The van der Waals surface area contributed by atoms with Gasteiger partial charge < -0.3 is 21.3 Å². The molecule has 0 aliphatic rings. The Labute approximate surface area is 102 Å². The number of aromatic hydroxyl groups is 1. The molecule has 1 unspecified atom stereocenters. The van der Waals surface area contributed by atoms with Crippen LogP contribution in [0.5, 0.6) is 11.5 Å². The molecule has 1 amide bonds. The van der Waals surface area contributed by atoms with E-state index in [2.05, 4.69) is 15.9 Å². The fraction of sp³-hybridized carbons (Fsp3) is 0.300. The Morgan fingerprint density at radius 2 is 2.25 bits per heavy atom. The molecular weight excluding hydrogens is 276 g/mol. The highest BCUT2D eigenvalue weighted by molar-refractivity contribution is 9.10.